The first-order chi connectivity index (χ1) is 14.5. The van der Waals surface area contributed by atoms with E-state index in [2.05, 4.69) is 15.2 Å². The standard InChI is InChI=1S/C22H26N4O4/c1-30-19-8-13(2-3-15(19)12-27)22(29)25-16-9-17-5-6-18(10-16)26(17)20-7-4-14(11-24-20)21(23)28/h2-4,7-8,11,16-18,27H,5-6,9-10,12H2,1H3,(H2,23,28)(H,25,29). The lowest BCUT2D eigenvalue weighted by Gasteiger charge is -2.40. The van der Waals surface area contributed by atoms with Gasteiger partial charge in [-0.1, -0.05) is 6.07 Å². The van der Waals surface area contributed by atoms with Gasteiger partial charge in [0.2, 0.25) is 5.91 Å². The van der Waals surface area contributed by atoms with Crippen LogP contribution in [-0.4, -0.2) is 47.1 Å². The van der Waals surface area contributed by atoms with Gasteiger partial charge >= 0.3 is 0 Å². The third-order valence-electron chi connectivity index (χ3n) is 6.08. The molecule has 3 heterocycles. The van der Waals surface area contributed by atoms with Crippen molar-refractivity contribution in [3.8, 4) is 5.75 Å². The molecule has 0 radical (unpaired) electrons. The van der Waals surface area contributed by atoms with Crippen molar-refractivity contribution in [3.05, 3.63) is 53.2 Å². The molecule has 2 aliphatic rings. The maximum atomic E-state index is 12.8. The highest BCUT2D eigenvalue weighted by Gasteiger charge is 2.41. The van der Waals surface area contributed by atoms with Crippen molar-refractivity contribution in [2.75, 3.05) is 12.0 Å². The van der Waals surface area contributed by atoms with Crippen LogP contribution >= 0.6 is 0 Å². The zero-order valence-electron chi connectivity index (χ0n) is 16.9. The summed E-state index contributed by atoms with van der Waals surface area (Å²) in [7, 11) is 1.52. The van der Waals surface area contributed by atoms with E-state index in [-0.39, 0.29) is 18.6 Å². The Kier molecular flexibility index (Phi) is 5.59. The summed E-state index contributed by atoms with van der Waals surface area (Å²) in [5, 5.41) is 12.5. The van der Waals surface area contributed by atoms with Crippen LogP contribution in [-0.2, 0) is 6.61 Å². The Hall–Kier alpha value is -3.13. The van der Waals surface area contributed by atoms with Crippen molar-refractivity contribution in [1.29, 1.82) is 0 Å². The number of hydrogen-bond donors (Lipinski definition) is 3. The molecule has 2 atom stereocenters. The number of aromatic nitrogens is 1. The first-order valence-electron chi connectivity index (χ1n) is 10.1. The molecule has 158 valence electrons. The van der Waals surface area contributed by atoms with Gasteiger partial charge in [0.05, 0.1) is 19.3 Å². The number of fused-ring (bicyclic) bond motifs is 2. The zero-order valence-corrected chi connectivity index (χ0v) is 16.9. The highest BCUT2D eigenvalue weighted by Crippen LogP contribution is 2.38. The normalized spacial score (nSPS) is 22.6. The van der Waals surface area contributed by atoms with Gasteiger partial charge in [0.15, 0.2) is 0 Å². The van der Waals surface area contributed by atoms with E-state index in [0.29, 0.717) is 34.5 Å². The lowest BCUT2D eigenvalue weighted by molar-refractivity contribution is 0.0925. The highest BCUT2D eigenvalue weighted by atomic mass is 16.5. The zero-order chi connectivity index (χ0) is 21.3. The Bertz CT molecular complexity index is 933. The molecule has 2 bridgehead atoms. The van der Waals surface area contributed by atoms with Gasteiger partial charge in [0, 0.05) is 35.4 Å². The van der Waals surface area contributed by atoms with Gasteiger partial charge in [0.1, 0.15) is 11.6 Å². The van der Waals surface area contributed by atoms with Gasteiger partial charge in [-0.3, -0.25) is 9.59 Å². The number of nitrogens with two attached hydrogens (primary N) is 1. The molecular formula is C22H26N4O4. The van der Waals surface area contributed by atoms with E-state index in [9.17, 15) is 14.7 Å². The minimum Gasteiger partial charge on any atom is -0.496 e. The van der Waals surface area contributed by atoms with Gasteiger partial charge in [-0.15, -0.1) is 0 Å². The van der Waals surface area contributed by atoms with Crippen molar-refractivity contribution < 1.29 is 19.4 Å². The fraction of sp³-hybridized carbons (Fsp3) is 0.409. The van der Waals surface area contributed by atoms with E-state index in [1.54, 1.807) is 24.3 Å². The molecule has 4 rings (SSSR count). The molecule has 2 amide bonds. The minimum absolute atomic E-state index is 0.0830. The molecular weight excluding hydrogens is 384 g/mol. The number of amides is 2. The number of methoxy groups -OCH3 is 1. The van der Waals surface area contributed by atoms with Gasteiger partial charge in [-0.25, -0.2) is 4.98 Å². The summed E-state index contributed by atoms with van der Waals surface area (Å²) in [5.41, 5.74) is 6.87. The maximum Gasteiger partial charge on any atom is 0.251 e. The number of carbonyl (C=O) groups is 2. The average molecular weight is 410 g/mol. The number of benzene rings is 1. The van der Waals surface area contributed by atoms with E-state index < -0.39 is 5.91 Å². The molecule has 8 nitrogen and oxygen atoms in total. The quantitative estimate of drug-likeness (QED) is 0.666. The summed E-state index contributed by atoms with van der Waals surface area (Å²) in [6, 6.07) is 9.31. The molecule has 0 spiro atoms. The second-order valence-corrected chi connectivity index (χ2v) is 7.89. The minimum atomic E-state index is -0.484. The van der Waals surface area contributed by atoms with Crippen LogP contribution in [0.4, 0.5) is 5.82 Å². The van der Waals surface area contributed by atoms with E-state index in [0.717, 1.165) is 31.5 Å². The number of anilines is 1. The lowest BCUT2D eigenvalue weighted by atomic mass is 9.96. The topological polar surface area (TPSA) is 118 Å². The number of ether oxygens (including phenoxy) is 1. The van der Waals surface area contributed by atoms with Crippen molar-refractivity contribution in [2.45, 2.75) is 50.4 Å². The van der Waals surface area contributed by atoms with Crippen LogP contribution in [0.1, 0.15) is 52.0 Å². The van der Waals surface area contributed by atoms with Crippen molar-refractivity contribution in [1.82, 2.24) is 10.3 Å². The molecule has 8 heteroatoms. The van der Waals surface area contributed by atoms with Crippen LogP contribution in [0.25, 0.3) is 0 Å². The van der Waals surface area contributed by atoms with Crippen LogP contribution in [0.2, 0.25) is 0 Å². The van der Waals surface area contributed by atoms with E-state index >= 15 is 0 Å². The number of nitrogens with one attached hydrogen (secondary N) is 1. The van der Waals surface area contributed by atoms with Gasteiger partial charge in [-0.05, 0) is 49.9 Å². The molecule has 1 aromatic carbocycles. The molecule has 1 aromatic heterocycles. The Morgan fingerprint density at radius 1 is 1.20 bits per heavy atom. The first-order valence-corrected chi connectivity index (χ1v) is 10.1. The molecule has 2 fully saturated rings. The smallest absolute Gasteiger partial charge is 0.251 e. The van der Waals surface area contributed by atoms with Crippen LogP contribution in [0, 0.1) is 0 Å². The van der Waals surface area contributed by atoms with Gasteiger partial charge in [-0.2, -0.15) is 0 Å². The molecule has 0 saturated carbocycles. The van der Waals surface area contributed by atoms with Crippen molar-refractivity contribution in [3.63, 3.8) is 0 Å². The van der Waals surface area contributed by atoms with Crippen LogP contribution < -0.4 is 20.7 Å². The number of aliphatic hydroxyl groups excluding tert-OH is 1. The van der Waals surface area contributed by atoms with E-state index in [1.165, 1.54) is 13.3 Å². The largest absolute Gasteiger partial charge is 0.496 e. The highest BCUT2D eigenvalue weighted by molar-refractivity contribution is 5.95. The maximum absolute atomic E-state index is 12.8. The third kappa shape index (κ3) is 3.82. The first kappa shape index (κ1) is 20.2. The Morgan fingerprint density at radius 2 is 1.90 bits per heavy atom. The Labute approximate surface area is 175 Å². The van der Waals surface area contributed by atoms with Crippen LogP contribution in [0.5, 0.6) is 5.75 Å². The summed E-state index contributed by atoms with van der Waals surface area (Å²) >= 11 is 0. The fourth-order valence-corrected chi connectivity index (χ4v) is 4.64. The Balaban J connectivity index is 1.43. The lowest BCUT2D eigenvalue weighted by Crippen LogP contribution is -2.50. The van der Waals surface area contributed by atoms with Crippen molar-refractivity contribution in [2.24, 2.45) is 5.73 Å². The molecule has 4 N–H and O–H groups in total. The second kappa shape index (κ2) is 8.31. The molecule has 2 aliphatic heterocycles. The predicted molar refractivity (Wildman–Crippen MR) is 111 cm³/mol. The van der Waals surface area contributed by atoms with Gasteiger partial charge < -0.3 is 25.8 Å². The molecule has 30 heavy (non-hydrogen) atoms. The summed E-state index contributed by atoms with van der Waals surface area (Å²) in [6.45, 7) is -0.138. The van der Waals surface area contributed by atoms with Gasteiger partial charge in [0.25, 0.3) is 5.91 Å². The second-order valence-electron chi connectivity index (χ2n) is 7.89. The number of nitrogens with zero attached hydrogens (tertiary/aromatic N) is 2. The summed E-state index contributed by atoms with van der Waals surface area (Å²) in [6.07, 6.45) is 5.31. The Morgan fingerprint density at radius 3 is 2.47 bits per heavy atom. The number of piperidine rings is 1. The number of rotatable bonds is 6. The molecule has 2 saturated heterocycles. The summed E-state index contributed by atoms with van der Waals surface area (Å²) < 4.78 is 5.26. The number of aliphatic hydroxyl groups is 1. The van der Waals surface area contributed by atoms with Crippen molar-refractivity contribution >= 4 is 17.6 Å². The average Bonchev–Trinajstić information content (AvgIpc) is 3.03. The molecule has 2 aromatic rings. The number of hydrogen-bond acceptors (Lipinski definition) is 6. The number of primary amides is 1. The van der Waals surface area contributed by atoms with Crippen LogP contribution in [0.15, 0.2) is 36.5 Å². The summed E-state index contributed by atoms with van der Waals surface area (Å²) in [5.74, 6) is 0.730. The molecule has 0 aliphatic carbocycles. The SMILES string of the molecule is COc1cc(C(=O)NC2CC3CCC(C2)N3c2ccc(C(N)=O)cn2)ccc1CO. The summed E-state index contributed by atoms with van der Waals surface area (Å²) in [4.78, 5) is 30.8. The van der Waals surface area contributed by atoms with E-state index in [1.807, 2.05) is 6.07 Å². The van der Waals surface area contributed by atoms with E-state index in [4.69, 9.17) is 10.5 Å². The number of carbonyl (C=O) groups excluding carboxylic acids is 2. The van der Waals surface area contributed by atoms with Crippen LogP contribution in [0.3, 0.4) is 0 Å². The fourth-order valence-electron chi connectivity index (χ4n) is 4.64. The predicted octanol–water partition coefficient (Wildman–Crippen LogP) is 1.61. The molecule has 2 unspecified atom stereocenters. The monoisotopic (exact) mass is 410 g/mol. The number of pyridine rings is 1. The third-order valence-corrected chi connectivity index (χ3v) is 6.08.